The smallest absolute Gasteiger partial charge is 0.355 e. The second-order valence-corrected chi connectivity index (χ2v) is 3.37. The molecular weight excluding hydrogens is 214 g/mol. The number of hydrogen-bond donors (Lipinski definition) is 1. The number of benzene rings is 1. The normalized spacial score (nSPS) is 9.59. The first kappa shape index (κ1) is 13.2. The lowest BCUT2D eigenvalue weighted by Gasteiger charge is -2.03. The van der Waals surface area contributed by atoms with E-state index in [9.17, 15) is 4.79 Å². The first-order valence-corrected chi connectivity index (χ1v) is 5.83. The number of aromatic carboxylic acids is 1. The highest BCUT2D eigenvalue weighted by Crippen LogP contribution is 2.18. The minimum absolute atomic E-state index is 0.121. The number of pyridine rings is 1. The van der Waals surface area contributed by atoms with Crippen molar-refractivity contribution < 1.29 is 9.90 Å². The van der Waals surface area contributed by atoms with E-state index in [2.05, 4.69) is 11.9 Å². The maximum atomic E-state index is 10.9. The SMILES string of the molecule is CC.CCc1ccc2c(C(=O)O)nccc2c1. The monoisotopic (exact) mass is 231 g/mol. The Morgan fingerprint density at radius 3 is 2.59 bits per heavy atom. The highest BCUT2D eigenvalue weighted by atomic mass is 16.4. The van der Waals surface area contributed by atoms with E-state index in [1.807, 2.05) is 38.1 Å². The van der Waals surface area contributed by atoms with Crippen LogP contribution < -0.4 is 0 Å². The number of carbonyl (C=O) groups is 1. The number of aryl methyl sites for hydroxylation is 1. The predicted molar refractivity (Wildman–Crippen MR) is 69.4 cm³/mol. The largest absolute Gasteiger partial charge is 0.476 e. The molecule has 3 heteroatoms. The number of carboxylic acids is 1. The molecule has 1 heterocycles. The van der Waals surface area contributed by atoms with Gasteiger partial charge in [-0.2, -0.15) is 0 Å². The predicted octanol–water partition coefficient (Wildman–Crippen LogP) is 3.52. The standard InChI is InChI=1S/C12H11NO2.C2H6/c1-2-8-3-4-10-9(7-8)5-6-13-11(10)12(14)15;1-2/h3-7H,2H2,1H3,(H,14,15);1-2H3. The van der Waals surface area contributed by atoms with E-state index < -0.39 is 5.97 Å². The van der Waals surface area contributed by atoms with Gasteiger partial charge in [-0.15, -0.1) is 0 Å². The first-order valence-electron chi connectivity index (χ1n) is 5.83. The van der Waals surface area contributed by atoms with Crippen LogP contribution in [-0.2, 0) is 6.42 Å². The molecule has 90 valence electrons. The molecule has 0 radical (unpaired) electrons. The molecule has 0 unspecified atom stereocenters. The summed E-state index contributed by atoms with van der Waals surface area (Å²) >= 11 is 0. The van der Waals surface area contributed by atoms with Gasteiger partial charge in [0, 0.05) is 11.6 Å². The number of nitrogens with zero attached hydrogens (tertiary/aromatic N) is 1. The Morgan fingerprint density at radius 2 is 2.00 bits per heavy atom. The van der Waals surface area contributed by atoms with Crippen molar-refractivity contribution in [3.8, 4) is 0 Å². The van der Waals surface area contributed by atoms with Crippen molar-refractivity contribution >= 4 is 16.7 Å². The molecule has 0 saturated heterocycles. The molecule has 1 aromatic carbocycles. The highest BCUT2D eigenvalue weighted by molar-refractivity contribution is 6.01. The van der Waals surface area contributed by atoms with E-state index in [1.165, 1.54) is 11.8 Å². The number of hydrogen-bond acceptors (Lipinski definition) is 2. The van der Waals surface area contributed by atoms with Crippen LogP contribution in [0.25, 0.3) is 10.8 Å². The first-order chi connectivity index (χ1) is 8.22. The average Bonchev–Trinajstić information content (AvgIpc) is 2.39. The van der Waals surface area contributed by atoms with Crippen LogP contribution in [0.2, 0.25) is 0 Å². The van der Waals surface area contributed by atoms with Crippen LogP contribution in [0.15, 0.2) is 30.5 Å². The number of aromatic nitrogens is 1. The van der Waals surface area contributed by atoms with Gasteiger partial charge in [0.15, 0.2) is 5.69 Å². The second kappa shape index (κ2) is 5.99. The van der Waals surface area contributed by atoms with E-state index in [0.29, 0.717) is 5.39 Å². The highest BCUT2D eigenvalue weighted by Gasteiger charge is 2.09. The molecule has 2 aromatic rings. The van der Waals surface area contributed by atoms with Gasteiger partial charge < -0.3 is 5.11 Å². The van der Waals surface area contributed by atoms with Crippen LogP contribution in [0.5, 0.6) is 0 Å². The molecule has 2 rings (SSSR count). The van der Waals surface area contributed by atoms with Gasteiger partial charge in [0.2, 0.25) is 0 Å². The number of carboxylic acid groups (broad SMARTS) is 1. The van der Waals surface area contributed by atoms with Crippen molar-refractivity contribution in [3.63, 3.8) is 0 Å². The van der Waals surface area contributed by atoms with Crippen LogP contribution in [0.1, 0.15) is 36.8 Å². The van der Waals surface area contributed by atoms with Crippen LogP contribution in [0.4, 0.5) is 0 Å². The third-order valence-electron chi connectivity index (χ3n) is 2.44. The van der Waals surface area contributed by atoms with Gasteiger partial charge in [-0.25, -0.2) is 9.78 Å². The van der Waals surface area contributed by atoms with Crippen molar-refractivity contribution in [2.24, 2.45) is 0 Å². The molecule has 17 heavy (non-hydrogen) atoms. The maximum Gasteiger partial charge on any atom is 0.355 e. The summed E-state index contributed by atoms with van der Waals surface area (Å²) in [6, 6.07) is 7.60. The summed E-state index contributed by atoms with van der Waals surface area (Å²) in [6.07, 6.45) is 2.48. The third kappa shape index (κ3) is 2.81. The lowest BCUT2D eigenvalue weighted by Crippen LogP contribution is -2.00. The van der Waals surface area contributed by atoms with E-state index in [-0.39, 0.29) is 5.69 Å². The molecule has 0 spiro atoms. The Hall–Kier alpha value is -1.90. The maximum absolute atomic E-state index is 10.9. The topological polar surface area (TPSA) is 50.2 Å². The third-order valence-corrected chi connectivity index (χ3v) is 2.44. The molecule has 0 aliphatic carbocycles. The molecule has 0 bridgehead atoms. The Kier molecular flexibility index (Phi) is 4.64. The lowest BCUT2D eigenvalue weighted by molar-refractivity contribution is 0.0693. The van der Waals surface area contributed by atoms with E-state index >= 15 is 0 Å². The van der Waals surface area contributed by atoms with Gasteiger partial charge in [-0.3, -0.25) is 0 Å². The zero-order valence-electron chi connectivity index (χ0n) is 10.4. The summed E-state index contributed by atoms with van der Waals surface area (Å²) in [5.74, 6) is -0.982. The quantitative estimate of drug-likeness (QED) is 0.860. The summed E-state index contributed by atoms with van der Waals surface area (Å²) in [6.45, 7) is 6.07. The fourth-order valence-electron chi connectivity index (χ4n) is 1.62. The Labute approximate surface area is 101 Å². The van der Waals surface area contributed by atoms with Gasteiger partial charge in [0.25, 0.3) is 0 Å². The fraction of sp³-hybridized carbons (Fsp3) is 0.286. The molecule has 0 aliphatic rings. The minimum atomic E-state index is -0.982. The molecule has 0 aliphatic heterocycles. The van der Waals surface area contributed by atoms with Gasteiger partial charge in [-0.05, 0) is 23.4 Å². The zero-order chi connectivity index (χ0) is 12.8. The van der Waals surface area contributed by atoms with Crippen LogP contribution in [0.3, 0.4) is 0 Å². The van der Waals surface area contributed by atoms with Crippen molar-refractivity contribution in [1.29, 1.82) is 0 Å². The van der Waals surface area contributed by atoms with Crippen molar-refractivity contribution in [2.45, 2.75) is 27.2 Å². The molecule has 0 fully saturated rings. The molecular formula is C14H17NO2. The Balaban J connectivity index is 0.000000686. The molecule has 3 nitrogen and oxygen atoms in total. The van der Waals surface area contributed by atoms with Gasteiger partial charge in [-0.1, -0.05) is 39.0 Å². The van der Waals surface area contributed by atoms with Crippen LogP contribution in [-0.4, -0.2) is 16.1 Å². The van der Waals surface area contributed by atoms with Crippen LogP contribution >= 0.6 is 0 Å². The number of rotatable bonds is 2. The molecule has 0 atom stereocenters. The summed E-state index contributed by atoms with van der Waals surface area (Å²) in [4.78, 5) is 14.8. The van der Waals surface area contributed by atoms with E-state index in [4.69, 9.17) is 5.11 Å². The van der Waals surface area contributed by atoms with Crippen molar-refractivity contribution in [1.82, 2.24) is 4.98 Å². The number of fused-ring (bicyclic) bond motifs is 1. The Morgan fingerprint density at radius 1 is 1.29 bits per heavy atom. The summed E-state index contributed by atoms with van der Waals surface area (Å²) in [5, 5.41) is 10.6. The van der Waals surface area contributed by atoms with Crippen molar-refractivity contribution in [3.05, 3.63) is 41.7 Å². The molecule has 1 aromatic heterocycles. The van der Waals surface area contributed by atoms with Gasteiger partial charge >= 0.3 is 5.97 Å². The molecule has 0 amide bonds. The lowest BCUT2D eigenvalue weighted by atomic mass is 10.1. The summed E-state index contributed by atoms with van der Waals surface area (Å²) in [5.41, 5.74) is 1.32. The van der Waals surface area contributed by atoms with Gasteiger partial charge in [0.1, 0.15) is 0 Å². The molecule has 1 N–H and O–H groups in total. The zero-order valence-corrected chi connectivity index (χ0v) is 10.4. The van der Waals surface area contributed by atoms with E-state index in [1.54, 1.807) is 0 Å². The molecule has 0 saturated carbocycles. The second-order valence-electron chi connectivity index (χ2n) is 3.37. The van der Waals surface area contributed by atoms with Gasteiger partial charge in [0.05, 0.1) is 0 Å². The fourth-order valence-corrected chi connectivity index (χ4v) is 1.62. The van der Waals surface area contributed by atoms with E-state index in [0.717, 1.165) is 11.8 Å². The summed E-state index contributed by atoms with van der Waals surface area (Å²) < 4.78 is 0. The van der Waals surface area contributed by atoms with Crippen molar-refractivity contribution in [2.75, 3.05) is 0 Å². The van der Waals surface area contributed by atoms with Crippen LogP contribution in [0, 0.1) is 0 Å². The average molecular weight is 231 g/mol. The summed E-state index contributed by atoms with van der Waals surface area (Å²) in [7, 11) is 0. The minimum Gasteiger partial charge on any atom is -0.476 e. The Bertz CT molecular complexity index is 521.